The van der Waals surface area contributed by atoms with Crippen LogP contribution in [-0.2, 0) is 6.54 Å². The summed E-state index contributed by atoms with van der Waals surface area (Å²) in [4.78, 5) is 2.35. The maximum absolute atomic E-state index is 9.40. The van der Waals surface area contributed by atoms with Crippen LogP contribution in [0.1, 0.15) is 29.5 Å². The first-order valence-electron chi connectivity index (χ1n) is 7.29. The van der Waals surface area contributed by atoms with Gasteiger partial charge in [0.25, 0.3) is 0 Å². The SMILES string of the molecule is Cc1ccc(N(Cc2ccc(N)cc2)C2CC2)c(C#N)c1. The van der Waals surface area contributed by atoms with Gasteiger partial charge in [-0.3, -0.25) is 0 Å². The quantitative estimate of drug-likeness (QED) is 0.868. The standard InChI is InChI=1S/C18H19N3/c1-13-2-9-18(15(10-13)11-19)21(17-7-8-17)12-14-3-5-16(20)6-4-14/h2-6,9-10,17H,7-8,12,20H2,1H3. The summed E-state index contributed by atoms with van der Waals surface area (Å²) >= 11 is 0. The molecular formula is C18H19N3. The molecule has 3 heteroatoms. The van der Waals surface area contributed by atoms with Crippen LogP contribution >= 0.6 is 0 Å². The third-order valence-corrected chi connectivity index (χ3v) is 3.90. The summed E-state index contributed by atoms with van der Waals surface area (Å²) in [7, 11) is 0. The number of aryl methyl sites for hydroxylation is 1. The number of nitriles is 1. The molecule has 1 fully saturated rings. The van der Waals surface area contributed by atoms with E-state index in [0.29, 0.717) is 6.04 Å². The van der Waals surface area contributed by atoms with Crippen molar-refractivity contribution in [3.05, 3.63) is 59.2 Å². The second kappa shape index (κ2) is 5.49. The molecule has 0 unspecified atom stereocenters. The normalized spacial score (nSPS) is 13.7. The predicted octanol–water partition coefficient (Wildman–Crippen LogP) is 3.62. The molecule has 2 aromatic carbocycles. The Morgan fingerprint density at radius 3 is 2.52 bits per heavy atom. The fourth-order valence-corrected chi connectivity index (χ4v) is 2.61. The zero-order valence-electron chi connectivity index (χ0n) is 12.2. The third-order valence-electron chi connectivity index (χ3n) is 3.90. The molecule has 0 atom stereocenters. The van der Waals surface area contributed by atoms with E-state index in [0.717, 1.165) is 29.0 Å². The van der Waals surface area contributed by atoms with Crippen molar-refractivity contribution < 1.29 is 0 Å². The maximum Gasteiger partial charge on any atom is 0.101 e. The Morgan fingerprint density at radius 2 is 1.90 bits per heavy atom. The number of nitrogen functional groups attached to an aromatic ring is 1. The van der Waals surface area contributed by atoms with Crippen LogP contribution in [0.5, 0.6) is 0 Å². The average molecular weight is 277 g/mol. The zero-order chi connectivity index (χ0) is 14.8. The Morgan fingerprint density at radius 1 is 1.19 bits per heavy atom. The molecule has 0 saturated heterocycles. The van der Waals surface area contributed by atoms with Crippen LogP contribution in [0, 0.1) is 18.3 Å². The number of rotatable bonds is 4. The molecule has 1 aliphatic rings. The number of nitrogens with zero attached hydrogens (tertiary/aromatic N) is 2. The molecule has 0 radical (unpaired) electrons. The molecule has 2 aromatic rings. The molecule has 0 bridgehead atoms. The first kappa shape index (κ1) is 13.5. The topological polar surface area (TPSA) is 53.0 Å². The number of benzene rings is 2. The largest absolute Gasteiger partial charge is 0.399 e. The highest BCUT2D eigenvalue weighted by Gasteiger charge is 2.30. The van der Waals surface area contributed by atoms with Crippen molar-refractivity contribution in [2.45, 2.75) is 32.4 Å². The minimum Gasteiger partial charge on any atom is -0.399 e. The first-order chi connectivity index (χ1) is 10.2. The van der Waals surface area contributed by atoms with Crippen molar-refractivity contribution in [3.8, 4) is 6.07 Å². The summed E-state index contributed by atoms with van der Waals surface area (Å²) in [6.45, 7) is 2.84. The lowest BCUT2D eigenvalue weighted by Crippen LogP contribution is -2.25. The van der Waals surface area contributed by atoms with E-state index < -0.39 is 0 Å². The molecule has 0 heterocycles. The number of nitrogens with two attached hydrogens (primary N) is 1. The van der Waals surface area contributed by atoms with Gasteiger partial charge < -0.3 is 10.6 Å². The highest BCUT2D eigenvalue weighted by atomic mass is 15.2. The minimum absolute atomic E-state index is 0.553. The van der Waals surface area contributed by atoms with E-state index in [1.54, 1.807) is 0 Å². The first-order valence-corrected chi connectivity index (χ1v) is 7.29. The number of hydrogen-bond donors (Lipinski definition) is 1. The Balaban J connectivity index is 1.92. The van der Waals surface area contributed by atoms with Gasteiger partial charge in [-0.2, -0.15) is 5.26 Å². The van der Waals surface area contributed by atoms with Crippen molar-refractivity contribution in [2.24, 2.45) is 0 Å². The van der Waals surface area contributed by atoms with Crippen LogP contribution in [0.4, 0.5) is 11.4 Å². The van der Waals surface area contributed by atoms with Crippen LogP contribution in [-0.4, -0.2) is 6.04 Å². The smallest absolute Gasteiger partial charge is 0.101 e. The second-order valence-electron chi connectivity index (χ2n) is 5.73. The fraction of sp³-hybridized carbons (Fsp3) is 0.278. The van der Waals surface area contributed by atoms with Gasteiger partial charge in [-0.05, 0) is 55.2 Å². The van der Waals surface area contributed by atoms with Gasteiger partial charge in [0.1, 0.15) is 6.07 Å². The van der Waals surface area contributed by atoms with Gasteiger partial charge in [-0.25, -0.2) is 0 Å². The highest BCUT2D eigenvalue weighted by molar-refractivity contribution is 5.62. The van der Waals surface area contributed by atoms with Gasteiger partial charge in [-0.15, -0.1) is 0 Å². The lowest BCUT2D eigenvalue weighted by Gasteiger charge is -2.26. The summed E-state index contributed by atoms with van der Waals surface area (Å²) in [6, 6.07) is 17.0. The number of anilines is 2. The van der Waals surface area contributed by atoms with Gasteiger partial charge in [0, 0.05) is 18.3 Å². The molecule has 0 spiro atoms. The second-order valence-corrected chi connectivity index (χ2v) is 5.73. The van der Waals surface area contributed by atoms with Gasteiger partial charge in [0.05, 0.1) is 11.3 Å². The van der Waals surface area contributed by atoms with E-state index >= 15 is 0 Å². The molecule has 1 aliphatic carbocycles. The zero-order valence-corrected chi connectivity index (χ0v) is 12.2. The van der Waals surface area contributed by atoms with Gasteiger partial charge in [-0.1, -0.05) is 18.2 Å². The van der Waals surface area contributed by atoms with Crippen LogP contribution in [0.15, 0.2) is 42.5 Å². The molecule has 106 valence electrons. The summed E-state index contributed by atoms with van der Waals surface area (Å²) in [5, 5.41) is 9.40. The van der Waals surface area contributed by atoms with Crippen molar-refractivity contribution in [2.75, 3.05) is 10.6 Å². The summed E-state index contributed by atoms with van der Waals surface area (Å²) < 4.78 is 0. The van der Waals surface area contributed by atoms with E-state index in [2.05, 4.69) is 35.2 Å². The van der Waals surface area contributed by atoms with E-state index in [1.165, 1.54) is 18.4 Å². The monoisotopic (exact) mass is 277 g/mol. The summed E-state index contributed by atoms with van der Waals surface area (Å²) in [5.74, 6) is 0. The Hall–Kier alpha value is -2.47. The molecule has 3 rings (SSSR count). The average Bonchev–Trinajstić information content (AvgIpc) is 3.31. The van der Waals surface area contributed by atoms with Crippen LogP contribution in [0.25, 0.3) is 0 Å². The van der Waals surface area contributed by atoms with Crippen molar-refractivity contribution in [1.82, 2.24) is 0 Å². The van der Waals surface area contributed by atoms with E-state index in [4.69, 9.17) is 5.73 Å². The van der Waals surface area contributed by atoms with Gasteiger partial charge >= 0.3 is 0 Å². The molecule has 0 aliphatic heterocycles. The van der Waals surface area contributed by atoms with Crippen molar-refractivity contribution >= 4 is 11.4 Å². The highest BCUT2D eigenvalue weighted by Crippen LogP contribution is 2.35. The Kier molecular flexibility index (Phi) is 3.53. The third kappa shape index (κ3) is 3.00. The summed E-state index contributed by atoms with van der Waals surface area (Å²) in [6.07, 6.45) is 2.40. The maximum atomic E-state index is 9.40. The van der Waals surface area contributed by atoms with Crippen LogP contribution in [0.3, 0.4) is 0 Å². The fourth-order valence-electron chi connectivity index (χ4n) is 2.61. The van der Waals surface area contributed by atoms with Crippen LogP contribution < -0.4 is 10.6 Å². The van der Waals surface area contributed by atoms with Crippen molar-refractivity contribution in [1.29, 1.82) is 5.26 Å². The predicted molar refractivity (Wildman–Crippen MR) is 86.0 cm³/mol. The lowest BCUT2D eigenvalue weighted by molar-refractivity contribution is 0.793. The van der Waals surface area contributed by atoms with E-state index in [-0.39, 0.29) is 0 Å². The molecule has 2 N–H and O–H groups in total. The molecular weight excluding hydrogens is 258 g/mol. The molecule has 21 heavy (non-hydrogen) atoms. The number of hydrogen-bond acceptors (Lipinski definition) is 3. The van der Waals surface area contributed by atoms with E-state index in [9.17, 15) is 5.26 Å². The Labute approximate surface area is 125 Å². The minimum atomic E-state index is 0.553. The van der Waals surface area contributed by atoms with E-state index in [1.807, 2.05) is 25.1 Å². The van der Waals surface area contributed by atoms with Gasteiger partial charge in [0.15, 0.2) is 0 Å². The summed E-state index contributed by atoms with van der Waals surface area (Å²) in [5.41, 5.74) is 10.7. The van der Waals surface area contributed by atoms with Crippen LogP contribution in [0.2, 0.25) is 0 Å². The molecule has 0 amide bonds. The van der Waals surface area contributed by atoms with Gasteiger partial charge in [0.2, 0.25) is 0 Å². The molecule has 1 saturated carbocycles. The molecule has 3 nitrogen and oxygen atoms in total. The Bertz CT molecular complexity index is 679. The lowest BCUT2D eigenvalue weighted by atomic mass is 10.1. The molecule has 0 aromatic heterocycles. The van der Waals surface area contributed by atoms with Crippen molar-refractivity contribution in [3.63, 3.8) is 0 Å².